The number of methoxy groups -OCH3 is 2. The normalized spacial score (nSPS) is 41.3. The van der Waals surface area contributed by atoms with E-state index >= 15 is 0 Å². The number of nitrogen functional groups attached to an aromatic ring is 1. The molecule has 14 nitrogen and oxygen atoms in total. The van der Waals surface area contributed by atoms with E-state index in [4.69, 9.17) is 24.7 Å². The molecule has 14 heteroatoms. The van der Waals surface area contributed by atoms with Gasteiger partial charge in [0.15, 0.2) is 23.8 Å². The number of rotatable bonds is 3. The van der Waals surface area contributed by atoms with Crippen LogP contribution in [0, 0.1) is 0 Å². The highest BCUT2D eigenvalue weighted by Gasteiger charge is 2.65. The third-order valence-corrected chi connectivity index (χ3v) is 6.25. The van der Waals surface area contributed by atoms with Gasteiger partial charge in [-0.25, -0.2) is 19.7 Å². The first-order chi connectivity index (χ1) is 15.3. The SMILES string of the molecule is COC(=O)[C@H]1OC2CC3O[C@@H](n4cnc5c(N)ncnc54)[C@H](OC)C3O[C@@]2(O)[C@@H](O)[C@@H]1O. The molecular formula is C18H23N5O9. The monoisotopic (exact) mass is 453 g/mol. The average molecular weight is 453 g/mol. The van der Waals surface area contributed by atoms with Crippen LogP contribution in [0.3, 0.4) is 0 Å². The van der Waals surface area contributed by atoms with Gasteiger partial charge in [0.2, 0.25) is 5.79 Å². The van der Waals surface area contributed by atoms with Gasteiger partial charge in [0.05, 0.1) is 19.5 Å². The molecule has 0 aliphatic carbocycles. The number of fused-ring (bicyclic) bond motifs is 3. The molecule has 2 aromatic heterocycles. The summed E-state index contributed by atoms with van der Waals surface area (Å²) in [5, 5.41) is 32.1. The van der Waals surface area contributed by atoms with Crippen LogP contribution < -0.4 is 5.73 Å². The predicted molar refractivity (Wildman–Crippen MR) is 102 cm³/mol. The molecule has 3 saturated heterocycles. The van der Waals surface area contributed by atoms with Crippen molar-refractivity contribution in [3.8, 4) is 0 Å². The van der Waals surface area contributed by atoms with Crippen molar-refractivity contribution >= 4 is 23.0 Å². The first-order valence-corrected chi connectivity index (χ1v) is 9.91. The Morgan fingerprint density at radius 1 is 1.28 bits per heavy atom. The highest BCUT2D eigenvalue weighted by molar-refractivity contribution is 5.81. The summed E-state index contributed by atoms with van der Waals surface area (Å²) in [6, 6.07) is 0. The molecule has 174 valence electrons. The number of carbonyl (C=O) groups is 1. The van der Waals surface area contributed by atoms with E-state index in [9.17, 15) is 20.1 Å². The summed E-state index contributed by atoms with van der Waals surface area (Å²) in [6.45, 7) is 0. The zero-order valence-corrected chi connectivity index (χ0v) is 17.1. The Balaban J connectivity index is 1.47. The number of nitrogens with two attached hydrogens (primary N) is 1. The third-order valence-electron chi connectivity index (χ3n) is 6.25. The van der Waals surface area contributed by atoms with Gasteiger partial charge in [0, 0.05) is 13.5 Å². The predicted octanol–water partition coefficient (Wildman–Crippen LogP) is -2.54. The molecule has 0 bridgehead atoms. The Labute approximate surface area is 180 Å². The Hall–Kier alpha value is -2.46. The van der Waals surface area contributed by atoms with Crippen molar-refractivity contribution in [1.82, 2.24) is 19.5 Å². The summed E-state index contributed by atoms with van der Waals surface area (Å²) in [5.41, 5.74) is 6.66. The van der Waals surface area contributed by atoms with Crippen molar-refractivity contribution in [3.63, 3.8) is 0 Å². The van der Waals surface area contributed by atoms with Crippen molar-refractivity contribution < 1.29 is 43.8 Å². The molecule has 0 aromatic carbocycles. The van der Waals surface area contributed by atoms with Crippen molar-refractivity contribution in [1.29, 1.82) is 0 Å². The highest BCUT2D eigenvalue weighted by Crippen LogP contribution is 2.46. The summed E-state index contributed by atoms with van der Waals surface area (Å²) in [6.07, 6.45) is -6.47. The molecule has 5 rings (SSSR count). The lowest BCUT2D eigenvalue weighted by molar-refractivity contribution is -0.397. The van der Waals surface area contributed by atoms with Crippen LogP contribution in [0.4, 0.5) is 5.82 Å². The van der Waals surface area contributed by atoms with E-state index in [1.165, 1.54) is 19.8 Å². The molecular weight excluding hydrogens is 430 g/mol. The minimum atomic E-state index is -2.30. The maximum Gasteiger partial charge on any atom is 0.337 e. The largest absolute Gasteiger partial charge is 0.467 e. The number of carbonyl (C=O) groups excluding carboxylic acids is 1. The summed E-state index contributed by atoms with van der Waals surface area (Å²) >= 11 is 0. The number of imidazole rings is 1. The average Bonchev–Trinajstić information content (AvgIpc) is 3.36. The summed E-state index contributed by atoms with van der Waals surface area (Å²) < 4.78 is 29.4. The Bertz CT molecular complexity index is 1040. The van der Waals surface area contributed by atoms with Crippen LogP contribution in [0.5, 0.6) is 0 Å². The van der Waals surface area contributed by atoms with Crippen LogP contribution in [0.2, 0.25) is 0 Å². The minimum Gasteiger partial charge on any atom is -0.467 e. The fourth-order valence-corrected chi connectivity index (χ4v) is 4.64. The Kier molecular flexibility index (Phi) is 5.05. The molecule has 3 aliphatic heterocycles. The molecule has 32 heavy (non-hydrogen) atoms. The molecule has 3 fully saturated rings. The van der Waals surface area contributed by atoms with E-state index in [0.29, 0.717) is 11.2 Å². The second-order valence-electron chi connectivity index (χ2n) is 7.92. The van der Waals surface area contributed by atoms with Crippen molar-refractivity contribution in [3.05, 3.63) is 12.7 Å². The van der Waals surface area contributed by atoms with E-state index in [2.05, 4.69) is 19.7 Å². The number of hydrogen-bond acceptors (Lipinski definition) is 13. The standard InChI is InChI=1S/C18H23N5O9/c1-28-12-10-6(30-16(12)23-5-22-8-14(19)20-4-21-15(8)23)3-7-18(27,32-10)13(25)9(24)11(31-7)17(26)29-2/h4-7,9-13,16,24-25,27H,3H2,1-2H3,(H2,19,20,21)/t6?,7?,9-,10?,11+,12-,13+,16-,18-/m1/s1. The molecule has 0 amide bonds. The molecule has 3 unspecified atom stereocenters. The van der Waals surface area contributed by atoms with Crippen LogP contribution >= 0.6 is 0 Å². The van der Waals surface area contributed by atoms with Crippen LogP contribution in [0.15, 0.2) is 12.7 Å². The number of aromatic nitrogens is 4. The molecule has 5 heterocycles. The zero-order valence-electron chi connectivity index (χ0n) is 17.1. The number of aliphatic hydroxyl groups excluding tert-OH is 2. The second kappa shape index (κ2) is 7.55. The lowest BCUT2D eigenvalue weighted by atomic mass is 9.84. The van der Waals surface area contributed by atoms with Gasteiger partial charge < -0.3 is 44.7 Å². The van der Waals surface area contributed by atoms with Crippen LogP contribution in [-0.4, -0.2) is 104 Å². The maximum absolute atomic E-state index is 12.0. The van der Waals surface area contributed by atoms with Gasteiger partial charge in [0.25, 0.3) is 0 Å². The van der Waals surface area contributed by atoms with E-state index in [-0.39, 0.29) is 12.2 Å². The summed E-state index contributed by atoms with van der Waals surface area (Å²) in [4.78, 5) is 24.3. The lowest BCUT2D eigenvalue weighted by Crippen LogP contribution is -2.72. The Morgan fingerprint density at radius 3 is 2.78 bits per heavy atom. The van der Waals surface area contributed by atoms with E-state index in [1.807, 2.05) is 0 Å². The fourth-order valence-electron chi connectivity index (χ4n) is 4.64. The van der Waals surface area contributed by atoms with Gasteiger partial charge >= 0.3 is 5.97 Å². The molecule has 2 aromatic rings. The summed E-state index contributed by atoms with van der Waals surface area (Å²) in [7, 11) is 2.57. The van der Waals surface area contributed by atoms with Gasteiger partial charge in [-0.05, 0) is 0 Å². The molecule has 0 spiro atoms. The zero-order chi connectivity index (χ0) is 22.8. The van der Waals surface area contributed by atoms with Gasteiger partial charge in [-0.3, -0.25) is 4.57 Å². The first-order valence-electron chi connectivity index (χ1n) is 9.91. The number of hydrogen-bond donors (Lipinski definition) is 4. The topological polar surface area (TPSA) is 194 Å². The number of anilines is 1. The van der Waals surface area contributed by atoms with E-state index in [1.54, 1.807) is 4.57 Å². The van der Waals surface area contributed by atoms with Crippen molar-refractivity contribution in [2.24, 2.45) is 0 Å². The minimum absolute atomic E-state index is 0.0402. The third kappa shape index (κ3) is 2.92. The summed E-state index contributed by atoms with van der Waals surface area (Å²) in [5.74, 6) is -2.99. The number of aliphatic hydroxyl groups is 3. The highest BCUT2D eigenvalue weighted by atomic mass is 16.7. The van der Waals surface area contributed by atoms with Crippen LogP contribution in [-0.2, 0) is 28.5 Å². The van der Waals surface area contributed by atoms with Crippen LogP contribution in [0.25, 0.3) is 11.2 Å². The maximum atomic E-state index is 12.0. The number of nitrogens with zero attached hydrogens (tertiary/aromatic N) is 4. The van der Waals surface area contributed by atoms with Gasteiger partial charge in [-0.2, -0.15) is 0 Å². The first kappa shape index (κ1) is 21.4. The van der Waals surface area contributed by atoms with E-state index in [0.717, 1.165) is 7.11 Å². The van der Waals surface area contributed by atoms with Crippen molar-refractivity contribution in [2.45, 2.75) is 61.2 Å². The molecule has 0 radical (unpaired) electrons. The van der Waals surface area contributed by atoms with Gasteiger partial charge in [-0.15, -0.1) is 0 Å². The fraction of sp³-hybridized carbons (Fsp3) is 0.667. The number of ether oxygens (including phenoxy) is 5. The van der Waals surface area contributed by atoms with Gasteiger partial charge in [0.1, 0.15) is 42.4 Å². The number of esters is 1. The molecule has 9 atom stereocenters. The molecule has 0 saturated carbocycles. The van der Waals surface area contributed by atoms with Crippen molar-refractivity contribution in [2.75, 3.05) is 20.0 Å². The molecule has 3 aliphatic rings. The molecule has 5 N–H and O–H groups in total. The lowest BCUT2D eigenvalue weighted by Gasteiger charge is -2.52. The second-order valence-corrected chi connectivity index (χ2v) is 7.92. The Morgan fingerprint density at radius 2 is 2.06 bits per heavy atom. The van der Waals surface area contributed by atoms with Crippen LogP contribution in [0.1, 0.15) is 12.6 Å². The van der Waals surface area contributed by atoms with Gasteiger partial charge in [-0.1, -0.05) is 0 Å². The quantitative estimate of drug-likeness (QED) is 0.355. The van der Waals surface area contributed by atoms with E-state index < -0.39 is 60.7 Å². The smallest absolute Gasteiger partial charge is 0.337 e.